The minimum atomic E-state index is -1.08. The molecule has 0 heterocycles. The first kappa shape index (κ1) is 12.8. The lowest BCUT2D eigenvalue weighted by atomic mass is 9.66. The number of ketones is 1. The molecule has 2 rings (SSSR count). The molecular formula is C14H22O3. The summed E-state index contributed by atoms with van der Waals surface area (Å²) in [5.41, 5.74) is 0.547. The van der Waals surface area contributed by atoms with Crippen LogP contribution in [-0.2, 0) is 4.79 Å². The molecule has 0 aromatic rings. The molecule has 0 saturated carbocycles. The molecule has 0 fully saturated rings. The molecule has 0 amide bonds. The molecule has 0 aromatic carbocycles. The Morgan fingerprint density at radius 1 is 1.35 bits per heavy atom. The minimum Gasteiger partial charge on any atom is -0.387 e. The zero-order valence-electron chi connectivity index (χ0n) is 10.9. The average Bonchev–Trinajstić information content (AvgIpc) is 2.24. The highest BCUT2D eigenvalue weighted by Gasteiger charge is 2.44. The van der Waals surface area contributed by atoms with E-state index < -0.39 is 11.7 Å². The molecule has 17 heavy (non-hydrogen) atoms. The van der Waals surface area contributed by atoms with Crippen LogP contribution in [0.4, 0.5) is 0 Å². The molecule has 2 N–H and O–H groups in total. The van der Waals surface area contributed by atoms with E-state index in [1.807, 2.05) is 0 Å². The number of rotatable bonds is 1. The van der Waals surface area contributed by atoms with Crippen molar-refractivity contribution >= 4 is 5.78 Å². The number of aliphatic hydroxyl groups excluding tert-OH is 1. The summed E-state index contributed by atoms with van der Waals surface area (Å²) in [7, 11) is 0. The summed E-state index contributed by atoms with van der Waals surface area (Å²) in [5, 5.41) is 20.5. The van der Waals surface area contributed by atoms with E-state index in [1.54, 1.807) is 6.92 Å². The predicted octanol–water partition coefficient (Wildman–Crippen LogP) is 1.82. The molecule has 96 valence electrons. The molecule has 0 spiro atoms. The Morgan fingerprint density at radius 3 is 2.59 bits per heavy atom. The summed E-state index contributed by atoms with van der Waals surface area (Å²) < 4.78 is 0. The van der Waals surface area contributed by atoms with E-state index in [0.717, 1.165) is 17.6 Å². The normalized spacial score (nSPS) is 38.6. The third kappa shape index (κ3) is 2.06. The third-order valence-corrected chi connectivity index (χ3v) is 4.34. The molecule has 0 saturated heterocycles. The van der Waals surface area contributed by atoms with E-state index in [-0.39, 0.29) is 11.7 Å². The van der Waals surface area contributed by atoms with Crippen LogP contribution < -0.4 is 0 Å². The molecule has 0 aromatic heterocycles. The maximum Gasteiger partial charge on any atom is 0.158 e. The Hall–Kier alpha value is -0.670. The van der Waals surface area contributed by atoms with Crippen LogP contribution in [-0.4, -0.2) is 27.7 Å². The molecule has 3 atom stereocenters. The van der Waals surface area contributed by atoms with Gasteiger partial charge in [0.1, 0.15) is 6.10 Å². The highest BCUT2D eigenvalue weighted by atomic mass is 16.3. The molecule has 2 aliphatic carbocycles. The van der Waals surface area contributed by atoms with Gasteiger partial charge in [0.05, 0.1) is 5.60 Å². The molecule has 3 unspecified atom stereocenters. The van der Waals surface area contributed by atoms with Crippen molar-refractivity contribution in [1.29, 1.82) is 0 Å². The number of hydrogen-bond donors (Lipinski definition) is 2. The predicted molar refractivity (Wildman–Crippen MR) is 65.5 cm³/mol. The van der Waals surface area contributed by atoms with E-state index in [4.69, 9.17) is 0 Å². The zero-order valence-corrected chi connectivity index (χ0v) is 10.9. The summed E-state index contributed by atoms with van der Waals surface area (Å²) >= 11 is 0. The lowest BCUT2D eigenvalue weighted by Crippen LogP contribution is -2.48. The first-order valence-corrected chi connectivity index (χ1v) is 6.51. The Morgan fingerprint density at radius 2 is 2.00 bits per heavy atom. The molecule has 0 aliphatic heterocycles. The topological polar surface area (TPSA) is 57.5 Å². The third-order valence-electron chi connectivity index (χ3n) is 4.34. The summed E-state index contributed by atoms with van der Waals surface area (Å²) in [6.45, 7) is 5.89. The van der Waals surface area contributed by atoms with Crippen LogP contribution in [0.15, 0.2) is 11.1 Å². The molecule has 3 heteroatoms. The Labute approximate surface area is 103 Å². The van der Waals surface area contributed by atoms with Gasteiger partial charge in [-0.2, -0.15) is 0 Å². The largest absolute Gasteiger partial charge is 0.387 e. The van der Waals surface area contributed by atoms with Gasteiger partial charge in [-0.15, -0.1) is 0 Å². The lowest BCUT2D eigenvalue weighted by molar-refractivity contribution is -0.118. The second-order valence-corrected chi connectivity index (χ2v) is 6.01. The van der Waals surface area contributed by atoms with Gasteiger partial charge >= 0.3 is 0 Å². The number of carbonyl (C=O) groups is 1. The van der Waals surface area contributed by atoms with Crippen LogP contribution in [0.2, 0.25) is 0 Å². The SMILES string of the molecule is CC(C)C1CCC(=O)C2=C1C(O)C(C)(O)CC2. The maximum absolute atomic E-state index is 11.9. The minimum absolute atomic E-state index is 0.173. The van der Waals surface area contributed by atoms with Crippen LogP contribution in [0.5, 0.6) is 0 Å². The number of carbonyl (C=O) groups excluding carboxylic acids is 1. The zero-order chi connectivity index (χ0) is 12.8. The quantitative estimate of drug-likeness (QED) is 0.732. The average molecular weight is 238 g/mol. The summed E-state index contributed by atoms with van der Waals surface area (Å²) in [4.78, 5) is 11.9. The number of aliphatic hydroxyl groups is 2. The highest BCUT2D eigenvalue weighted by Crippen LogP contribution is 2.44. The second-order valence-electron chi connectivity index (χ2n) is 6.01. The van der Waals surface area contributed by atoms with E-state index >= 15 is 0 Å². The Kier molecular flexibility index (Phi) is 3.17. The molecule has 0 radical (unpaired) electrons. The van der Waals surface area contributed by atoms with E-state index in [9.17, 15) is 15.0 Å². The van der Waals surface area contributed by atoms with Crippen molar-refractivity contribution in [3.8, 4) is 0 Å². The second kappa shape index (κ2) is 4.21. The van der Waals surface area contributed by atoms with Gasteiger partial charge in [-0.1, -0.05) is 13.8 Å². The van der Waals surface area contributed by atoms with Gasteiger partial charge in [-0.3, -0.25) is 4.79 Å². The van der Waals surface area contributed by atoms with E-state index in [2.05, 4.69) is 13.8 Å². The van der Waals surface area contributed by atoms with Gasteiger partial charge in [0.25, 0.3) is 0 Å². The van der Waals surface area contributed by atoms with Crippen molar-refractivity contribution in [3.63, 3.8) is 0 Å². The molecule has 2 aliphatic rings. The fourth-order valence-electron chi connectivity index (χ4n) is 3.17. The van der Waals surface area contributed by atoms with Crippen LogP contribution in [0.3, 0.4) is 0 Å². The van der Waals surface area contributed by atoms with Crippen molar-refractivity contribution in [2.75, 3.05) is 0 Å². The van der Waals surface area contributed by atoms with E-state index in [0.29, 0.717) is 25.2 Å². The van der Waals surface area contributed by atoms with Gasteiger partial charge < -0.3 is 10.2 Å². The van der Waals surface area contributed by atoms with Crippen LogP contribution in [0.25, 0.3) is 0 Å². The van der Waals surface area contributed by atoms with Gasteiger partial charge in [-0.25, -0.2) is 0 Å². The van der Waals surface area contributed by atoms with Crippen molar-refractivity contribution < 1.29 is 15.0 Å². The van der Waals surface area contributed by atoms with E-state index in [1.165, 1.54) is 0 Å². The van der Waals surface area contributed by atoms with Crippen molar-refractivity contribution in [3.05, 3.63) is 11.1 Å². The monoisotopic (exact) mass is 238 g/mol. The van der Waals surface area contributed by atoms with Gasteiger partial charge in [0, 0.05) is 6.42 Å². The number of hydrogen-bond acceptors (Lipinski definition) is 3. The Balaban J connectivity index is 2.45. The van der Waals surface area contributed by atoms with Crippen LogP contribution in [0, 0.1) is 11.8 Å². The molecule has 0 bridgehead atoms. The summed E-state index contributed by atoms with van der Waals surface area (Å²) in [6.07, 6.45) is 1.62. The number of Topliss-reactive ketones (excluding diaryl/α,β-unsaturated/α-hetero) is 1. The van der Waals surface area contributed by atoms with Gasteiger partial charge in [0.2, 0.25) is 0 Å². The Bertz CT molecular complexity index is 362. The first-order chi connectivity index (χ1) is 7.84. The van der Waals surface area contributed by atoms with Gasteiger partial charge in [-0.05, 0) is 49.2 Å². The fourth-order valence-corrected chi connectivity index (χ4v) is 3.17. The summed E-state index contributed by atoms with van der Waals surface area (Å²) in [5.74, 6) is 0.813. The smallest absolute Gasteiger partial charge is 0.158 e. The standard InChI is InChI=1S/C14H22O3/c1-8(2)9-4-5-11(15)10-6-7-14(3,17)13(16)12(9)10/h8-9,13,16-17H,4-7H2,1-3H3. The van der Waals surface area contributed by atoms with Gasteiger partial charge in [0.15, 0.2) is 5.78 Å². The maximum atomic E-state index is 11.9. The molecular weight excluding hydrogens is 216 g/mol. The number of allylic oxidation sites excluding steroid dienone is 1. The lowest BCUT2D eigenvalue weighted by Gasteiger charge is -2.43. The van der Waals surface area contributed by atoms with Crippen LogP contribution in [0.1, 0.15) is 46.5 Å². The summed E-state index contributed by atoms with van der Waals surface area (Å²) in [6, 6.07) is 0. The van der Waals surface area contributed by atoms with Crippen molar-refractivity contribution in [1.82, 2.24) is 0 Å². The first-order valence-electron chi connectivity index (χ1n) is 6.51. The van der Waals surface area contributed by atoms with Crippen molar-refractivity contribution in [2.24, 2.45) is 11.8 Å². The fraction of sp³-hybridized carbons (Fsp3) is 0.786. The van der Waals surface area contributed by atoms with Crippen molar-refractivity contribution in [2.45, 2.75) is 58.2 Å². The highest BCUT2D eigenvalue weighted by molar-refractivity contribution is 5.97. The van der Waals surface area contributed by atoms with Crippen LogP contribution >= 0.6 is 0 Å². The molecule has 3 nitrogen and oxygen atoms in total.